The fraction of sp³-hybridized carbons (Fsp3) is 0.143. The lowest BCUT2D eigenvalue weighted by atomic mass is 10.1. The smallest absolute Gasteiger partial charge is 0.253 e. The molecule has 2 rings (SSSR count). The van der Waals surface area contributed by atoms with Gasteiger partial charge in [0, 0.05) is 18.1 Å². The highest BCUT2D eigenvalue weighted by Crippen LogP contribution is 2.22. The van der Waals surface area contributed by atoms with Gasteiger partial charge in [0.2, 0.25) is 5.91 Å². The fourth-order valence-electron chi connectivity index (χ4n) is 2.35. The minimum Gasteiger partial charge on any atom is -0.481 e. The van der Waals surface area contributed by atoms with Crippen molar-refractivity contribution in [3.8, 4) is 18.1 Å². The van der Waals surface area contributed by atoms with Crippen molar-refractivity contribution in [2.45, 2.75) is 6.92 Å². The number of carbonyl (C=O) groups excluding carboxylic acids is 2. The van der Waals surface area contributed by atoms with Crippen LogP contribution in [0.3, 0.4) is 0 Å². The molecule has 0 aromatic heterocycles. The van der Waals surface area contributed by atoms with E-state index in [2.05, 4.69) is 16.6 Å². The largest absolute Gasteiger partial charge is 0.481 e. The van der Waals surface area contributed by atoms with Crippen LogP contribution in [0.5, 0.6) is 5.75 Å². The maximum Gasteiger partial charge on any atom is 0.253 e. The minimum absolute atomic E-state index is 0.202. The molecule has 138 valence electrons. The number of ether oxygens (including phenoxy) is 1. The van der Waals surface area contributed by atoms with Crippen LogP contribution in [0.25, 0.3) is 6.08 Å². The molecular formula is C21H19ClN2O3. The van der Waals surface area contributed by atoms with E-state index >= 15 is 0 Å². The second kappa shape index (κ2) is 9.46. The lowest BCUT2D eigenvalue weighted by Crippen LogP contribution is -2.20. The average molecular weight is 383 g/mol. The minimum atomic E-state index is -0.368. The Kier molecular flexibility index (Phi) is 7.04. The molecule has 0 atom stereocenters. The van der Waals surface area contributed by atoms with Crippen LogP contribution in [-0.2, 0) is 4.79 Å². The molecule has 2 N–H and O–H groups in total. The number of carbonyl (C=O) groups is 2. The van der Waals surface area contributed by atoms with Crippen LogP contribution in [-0.4, -0.2) is 25.5 Å². The Balaban J connectivity index is 2.11. The normalized spacial score (nSPS) is 10.3. The zero-order chi connectivity index (χ0) is 19.8. The Morgan fingerprint density at radius 1 is 1.26 bits per heavy atom. The van der Waals surface area contributed by atoms with Crippen molar-refractivity contribution in [1.29, 1.82) is 0 Å². The number of hydrogen-bond acceptors (Lipinski definition) is 3. The molecule has 2 amide bonds. The number of halogens is 1. The summed E-state index contributed by atoms with van der Waals surface area (Å²) in [5, 5.41) is 5.61. The van der Waals surface area contributed by atoms with E-state index in [1.54, 1.807) is 24.3 Å². The first-order chi connectivity index (χ1) is 12.9. The Morgan fingerprint density at radius 2 is 2.04 bits per heavy atom. The van der Waals surface area contributed by atoms with E-state index in [0.717, 1.165) is 11.1 Å². The maximum absolute atomic E-state index is 12.2. The van der Waals surface area contributed by atoms with Gasteiger partial charge < -0.3 is 15.4 Å². The summed E-state index contributed by atoms with van der Waals surface area (Å²) in [6.07, 6.45) is 8.24. The van der Waals surface area contributed by atoms with Crippen LogP contribution in [0, 0.1) is 19.3 Å². The van der Waals surface area contributed by atoms with Crippen LogP contribution in [0.4, 0.5) is 5.69 Å². The third kappa shape index (κ3) is 5.63. The van der Waals surface area contributed by atoms with E-state index < -0.39 is 0 Å². The molecular weight excluding hydrogens is 364 g/mol. The van der Waals surface area contributed by atoms with Crippen molar-refractivity contribution in [1.82, 2.24) is 5.32 Å². The second-order valence-electron chi connectivity index (χ2n) is 5.61. The predicted molar refractivity (Wildman–Crippen MR) is 108 cm³/mol. The van der Waals surface area contributed by atoms with E-state index in [0.29, 0.717) is 16.5 Å². The van der Waals surface area contributed by atoms with Gasteiger partial charge in [0.05, 0.1) is 11.3 Å². The monoisotopic (exact) mass is 382 g/mol. The molecule has 0 spiro atoms. The number of anilines is 1. The number of terminal acetylenes is 1. The summed E-state index contributed by atoms with van der Waals surface area (Å²) in [6.45, 7) is 2.10. The molecule has 0 fully saturated rings. The van der Waals surface area contributed by atoms with E-state index in [9.17, 15) is 9.59 Å². The molecule has 0 heterocycles. The van der Waals surface area contributed by atoms with Gasteiger partial charge in [-0.3, -0.25) is 9.59 Å². The lowest BCUT2D eigenvalue weighted by molar-refractivity contribution is -0.111. The zero-order valence-electron chi connectivity index (χ0n) is 15.0. The summed E-state index contributed by atoms with van der Waals surface area (Å²) < 4.78 is 5.41. The number of nitrogens with one attached hydrogen (secondary N) is 2. The number of hydrogen-bond donors (Lipinski definition) is 2. The summed E-state index contributed by atoms with van der Waals surface area (Å²) in [6, 6.07) is 10.2. The molecule has 0 bridgehead atoms. The molecule has 2 aromatic rings. The Morgan fingerprint density at radius 3 is 2.70 bits per heavy atom. The van der Waals surface area contributed by atoms with Crippen molar-refractivity contribution in [2.75, 3.05) is 19.0 Å². The molecule has 6 heteroatoms. The summed E-state index contributed by atoms with van der Waals surface area (Å²) in [5.74, 6) is 2.41. The number of aryl methyl sites for hydroxylation is 1. The first-order valence-corrected chi connectivity index (χ1v) is 8.50. The van der Waals surface area contributed by atoms with Crippen molar-refractivity contribution in [2.24, 2.45) is 0 Å². The predicted octanol–water partition coefficient (Wildman–Crippen LogP) is 3.67. The van der Waals surface area contributed by atoms with E-state index in [4.69, 9.17) is 22.8 Å². The summed E-state index contributed by atoms with van der Waals surface area (Å²) in [7, 11) is 1.51. The average Bonchev–Trinajstić information content (AvgIpc) is 2.66. The third-order valence-corrected chi connectivity index (χ3v) is 3.88. The number of rotatable bonds is 6. The summed E-state index contributed by atoms with van der Waals surface area (Å²) in [5.41, 5.74) is 2.41. The van der Waals surface area contributed by atoms with E-state index in [1.807, 2.05) is 19.1 Å². The van der Waals surface area contributed by atoms with Gasteiger partial charge in [-0.05, 0) is 54.5 Å². The van der Waals surface area contributed by atoms with Gasteiger partial charge in [0.1, 0.15) is 12.4 Å². The molecule has 0 aliphatic rings. The lowest BCUT2D eigenvalue weighted by Gasteiger charge is -2.09. The molecule has 0 saturated carbocycles. The van der Waals surface area contributed by atoms with Gasteiger partial charge in [0.15, 0.2) is 0 Å². The van der Waals surface area contributed by atoms with Gasteiger partial charge in [-0.15, -0.1) is 6.42 Å². The molecule has 0 radical (unpaired) electrons. The molecule has 27 heavy (non-hydrogen) atoms. The maximum atomic E-state index is 12.2. The molecule has 0 unspecified atom stereocenters. The van der Waals surface area contributed by atoms with Crippen molar-refractivity contribution < 1.29 is 14.3 Å². The van der Waals surface area contributed by atoms with Gasteiger partial charge in [-0.1, -0.05) is 23.6 Å². The highest BCUT2D eigenvalue weighted by molar-refractivity contribution is 6.31. The molecule has 0 aliphatic carbocycles. The Labute approximate surface area is 163 Å². The standard InChI is InChI=1S/C21H19ClN2O3/c1-4-11-27-19-9-5-15(12-14(19)2)6-10-20(25)24-18-8-7-16(22)13-17(18)21(26)23-3/h1,5-10,12-13H,11H2,2-3H3,(H,23,26)(H,24,25)/b10-6+. The van der Waals surface area contributed by atoms with Crippen LogP contribution in [0.1, 0.15) is 21.5 Å². The van der Waals surface area contributed by atoms with Crippen molar-refractivity contribution >= 4 is 35.2 Å². The number of amides is 2. The quantitative estimate of drug-likeness (QED) is 0.591. The highest BCUT2D eigenvalue weighted by atomic mass is 35.5. The SMILES string of the molecule is C#CCOc1ccc(/C=C/C(=O)Nc2ccc(Cl)cc2C(=O)NC)cc1C. The highest BCUT2D eigenvalue weighted by Gasteiger charge is 2.12. The molecule has 0 saturated heterocycles. The van der Waals surface area contributed by atoms with Crippen molar-refractivity contribution in [3.05, 3.63) is 64.2 Å². The molecule has 0 aliphatic heterocycles. The zero-order valence-corrected chi connectivity index (χ0v) is 15.8. The van der Waals surface area contributed by atoms with Crippen LogP contribution >= 0.6 is 11.6 Å². The first kappa shape index (κ1) is 20.1. The van der Waals surface area contributed by atoms with Crippen LogP contribution < -0.4 is 15.4 Å². The Hall–Kier alpha value is -3.23. The topological polar surface area (TPSA) is 67.4 Å². The molecule has 2 aromatic carbocycles. The van der Waals surface area contributed by atoms with Crippen LogP contribution in [0.2, 0.25) is 5.02 Å². The molecule has 5 nitrogen and oxygen atoms in total. The van der Waals surface area contributed by atoms with E-state index in [-0.39, 0.29) is 24.0 Å². The second-order valence-corrected chi connectivity index (χ2v) is 6.05. The van der Waals surface area contributed by atoms with Crippen molar-refractivity contribution in [3.63, 3.8) is 0 Å². The van der Waals surface area contributed by atoms with Gasteiger partial charge in [0.25, 0.3) is 5.91 Å². The van der Waals surface area contributed by atoms with E-state index in [1.165, 1.54) is 19.2 Å². The fourth-order valence-corrected chi connectivity index (χ4v) is 2.52. The summed E-state index contributed by atoms with van der Waals surface area (Å²) >= 11 is 5.93. The third-order valence-electron chi connectivity index (χ3n) is 3.65. The summed E-state index contributed by atoms with van der Waals surface area (Å²) in [4.78, 5) is 24.1. The first-order valence-electron chi connectivity index (χ1n) is 8.12. The van der Waals surface area contributed by atoms with Gasteiger partial charge in [-0.25, -0.2) is 0 Å². The Bertz CT molecular complexity index is 930. The van der Waals surface area contributed by atoms with Gasteiger partial charge >= 0.3 is 0 Å². The van der Waals surface area contributed by atoms with Crippen LogP contribution in [0.15, 0.2) is 42.5 Å². The van der Waals surface area contributed by atoms with Gasteiger partial charge in [-0.2, -0.15) is 0 Å². The number of benzene rings is 2.